The molecule has 7 heteroatoms. The number of carboxylic acids is 1. The number of nitrogens with one attached hydrogen (secondary N) is 2. The number of anilines is 1. The van der Waals surface area contributed by atoms with Gasteiger partial charge in [-0.15, -0.1) is 0 Å². The van der Waals surface area contributed by atoms with Crippen molar-refractivity contribution in [1.82, 2.24) is 0 Å². The molecule has 0 saturated carbocycles. The first-order valence-corrected chi connectivity index (χ1v) is 6.99. The van der Waals surface area contributed by atoms with Gasteiger partial charge in [0.1, 0.15) is 6.07 Å². The summed E-state index contributed by atoms with van der Waals surface area (Å²) in [7, 11) is 0. The van der Waals surface area contributed by atoms with E-state index in [4.69, 9.17) is 21.5 Å². The van der Waals surface area contributed by atoms with Gasteiger partial charge in [0.05, 0.1) is 12.1 Å². The molecule has 0 saturated heterocycles. The Morgan fingerprint density at radius 1 is 1.25 bits per heavy atom. The highest BCUT2D eigenvalue weighted by Crippen LogP contribution is 2.23. The molecule has 0 bridgehead atoms. The number of carboxylic acid groups (broad SMARTS) is 1. The van der Waals surface area contributed by atoms with E-state index in [1.165, 1.54) is 0 Å². The van der Waals surface area contributed by atoms with Gasteiger partial charge in [-0.05, 0) is 28.8 Å². The molecule has 5 N–H and O–H groups in total. The summed E-state index contributed by atoms with van der Waals surface area (Å²) < 4.78 is 0. The lowest BCUT2D eigenvalue weighted by atomic mass is 10.0. The van der Waals surface area contributed by atoms with Gasteiger partial charge in [-0.3, -0.25) is 15.6 Å². The van der Waals surface area contributed by atoms with Gasteiger partial charge in [-0.25, -0.2) is 0 Å². The Bertz CT molecular complexity index is 835. The summed E-state index contributed by atoms with van der Waals surface area (Å²) in [6.07, 6.45) is -0.0153. The molecule has 0 heterocycles. The number of hydrazone groups is 1. The zero-order valence-corrected chi connectivity index (χ0v) is 12.7. The second-order valence-corrected chi connectivity index (χ2v) is 4.95. The molecule has 0 fully saturated rings. The van der Waals surface area contributed by atoms with E-state index in [9.17, 15) is 4.79 Å². The highest BCUT2D eigenvalue weighted by atomic mass is 16.4. The number of nitrogens with two attached hydrogens (primary N) is 1. The lowest BCUT2D eigenvalue weighted by Gasteiger charge is -2.06. The van der Waals surface area contributed by atoms with Gasteiger partial charge < -0.3 is 10.8 Å². The number of rotatable bonds is 6. The molecule has 0 radical (unpaired) electrons. The van der Waals surface area contributed by atoms with E-state index in [2.05, 4.69) is 10.5 Å². The fourth-order valence-corrected chi connectivity index (χ4v) is 2.02. The van der Waals surface area contributed by atoms with E-state index >= 15 is 0 Å². The predicted octanol–water partition coefficient (Wildman–Crippen LogP) is 2.21. The molecule has 2 aromatic carbocycles. The average molecular weight is 321 g/mol. The normalized spacial score (nSPS) is 10.7. The third-order valence-corrected chi connectivity index (χ3v) is 3.16. The molecule has 0 aliphatic rings. The van der Waals surface area contributed by atoms with Crippen LogP contribution in [0.1, 0.15) is 5.56 Å². The van der Waals surface area contributed by atoms with Crippen molar-refractivity contribution in [1.29, 1.82) is 10.7 Å². The van der Waals surface area contributed by atoms with E-state index in [1.807, 2.05) is 30.3 Å². The molecule has 0 spiro atoms. The van der Waals surface area contributed by atoms with Crippen LogP contribution in [0, 0.1) is 16.7 Å². The first-order valence-electron chi connectivity index (χ1n) is 6.99. The van der Waals surface area contributed by atoms with Crippen LogP contribution in [0.3, 0.4) is 0 Å². The number of hydrogen-bond acceptors (Lipinski definition) is 5. The van der Waals surface area contributed by atoms with E-state index in [-0.39, 0.29) is 12.1 Å². The fourth-order valence-electron chi connectivity index (χ4n) is 2.02. The van der Waals surface area contributed by atoms with Crippen molar-refractivity contribution in [3.63, 3.8) is 0 Å². The standard InChI is InChI=1S/C17H15N5O2/c18-10-15(17(19)20)22-21-14-3-1-2-13(9-14)12-6-4-11(5-7-12)8-16(23)24/h1-7,9,21H,8H2,(H3,19,20)(H,23,24)/b22-15+. The van der Waals surface area contributed by atoms with Gasteiger partial charge in [0.25, 0.3) is 0 Å². The summed E-state index contributed by atoms with van der Waals surface area (Å²) in [4.78, 5) is 10.7. The van der Waals surface area contributed by atoms with E-state index in [1.54, 1.807) is 24.3 Å². The molecular formula is C17H15N5O2. The first-order chi connectivity index (χ1) is 11.5. The number of carbonyl (C=O) groups is 1. The highest BCUT2D eigenvalue weighted by Gasteiger charge is 2.04. The summed E-state index contributed by atoms with van der Waals surface area (Å²) in [6.45, 7) is 0. The minimum atomic E-state index is -0.870. The van der Waals surface area contributed by atoms with Crippen molar-refractivity contribution in [3.8, 4) is 17.2 Å². The van der Waals surface area contributed by atoms with Crippen molar-refractivity contribution in [3.05, 3.63) is 54.1 Å². The second kappa shape index (κ2) is 7.56. The third kappa shape index (κ3) is 4.42. The molecule has 0 aliphatic heterocycles. The van der Waals surface area contributed by atoms with Crippen LogP contribution in [-0.2, 0) is 11.2 Å². The molecule has 0 aliphatic carbocycles. The quantitative estimate of drug-likeness (QED) is 0.367. The molecule has 2 rings (SSSR count). The zero-order valence-electron chi connectivity index (χ0n) is 12.7. The summed E-state index contributed by atoms with van der Waals surface area (Å²) in [5.74, 6) is -1.28. The molecule has 0 aromatic heterocycles. The van der Waals surface area contributed by atoms with Crippen LogP contribution in [-0.4, -0.2) is 22.6 Å². The Balaban J connectivity index is 2.20. The number of nitriles is 1. The Kier molecular flexibility index (Phi) is 5.26. The van der Waals surface area contributed by atoms with E-state index < -0.39 is 11.8 Å². The zero-order chi connectivity index (χ0) is 17.5. The molecule has 24 heavy (non-hydrogen) atoms. The molecule has 0 atom stereocenters. The minimum absolute atomic E-state index is 0.0153. The summed E-state index contributed by atoms with van der Waals surface area (Å²) in [5.41, 5.74) is 10.9. The topological polar surface area (TPSA) is 135 Å². The number of nitrogens with zero attached hydrogens (tertiary/aromatic N) is 2. The van der Waals surface area contributed by atoms with Crippen LogP contribution in [0.4, 0.5) is 5.69 Å². The van der Waals surface area contributed by atoms with Gasteiger partial charge in [0, 0.05) is 0 Å². The van der Waals surface area contributed by atoms with Crippen molar-refractivity contribution < 1.29 is 9.90 Å². The van der Waals surface area contributed by atoms with Crippen LogP contribution in [0.25, 0.3) is 11.1 Å². The van der Waals surface area contributed by atoms with Gasteiger partial charge in [0.15, 0.2) is 5.84 Å². The van der Waals surface area contributed by atoms with Gasteiger partial charge in [0.2, 0.25) is 5.71 Å². The van der Waals surface area contributed by atoms with Crippen LogP contribution < -0.4 is 11.2 Å². The number of benzene rings is 2. The maximum Gasteiger partial charge on any atom is 0.307 e. The van der Waals surface area contributed by atoms with Gasteiger partial charge >= 0.3 is 5.97 Å². The second-order valence-electron chi connectivity index (χ2n) is 4.95. The highest BCUT2D eigenvalue weighted by molar-refractivity contribution is 6.45. The number of amidine groups is 1. The SMILES string of the molecule is N#C/C(=N\Nc1cccc(-c2ccc(CC(=O)O)cc2)c1)C(=N)N. The van der Waals surface area contributed by atoms with Gasteiger partial charge in [-0.2, -0.15) is 10.4 Å². The third-order valence-electron chi connectivity index (χ3n) is 3.16. The van der Waals surface area contributed by atoms with Crippen molar-refractivity contribution in [2.24, 2.45) is 10.8 Å². The van der Waals surface area contributed by atoms with Crippen molar-refractivity contribution in [2.75, 3.05) is 5.43 Å². The summed E-state index contributed by atoms with van der Waals surface area (Å²) >= 11 is 0. The van der Waals surface area contributed by atoms with E-state index in [0.29, 0.717) is 5.69 Å². The molecule has 0 amide bonds. The largest absolute Gasteiger partial charge is 0.481 e. The smallest absolute Gasteiger partial charge is 0.307 e. The Morgan fingerprint density at radius 3 is 2.54 bits per heavy atom. The Morgan fingerprint density at radius 2 is 1.96 bits per heavy atom. The Labute approximate surface area is 138 Å². The molecular weight excluding hydrogens is 306 g/mol. The maximum absolute atomic E-state index is 10.7. The minimum Gasteiger partial charge on any atom is -0.481 e. The van der Waals surface area contributed by atoms with Crippen molar-refractivity contribution in [2.45, 2.75) is 6.42 Å². The van der Waals surface area contributed by atoms with Crippen molar-refractivity contribution >= 4 is 23.2 Å². The molecule has 120 valence electrons. The van der Waals surface area contributed by atoms with Crippen LogP contribution in [0.5, 0.6) is 0 Å². The van der Waals surface area contributed by atoms with E-state index in [0.717, 1.165) is 16.7 Å². The maximum atomic E-state index is 10.7. The monoisotopic (exact) mass is 321 g/mol. The summed E-state index contributed by atoms with van der Waals surface area (Å²) in [5, 5.41) is 28.6. The molecule has 0 unspecified atom stereocenters. The molecule has 2 aromatic rings. The van der Waals surface area contributed by atoms with Crippen LogP contribution >= 0.6 is 0 Å². The Hall–Kier alpha value is -3.66. The average Bonchev–Trinajstić information content (AvgIpc) is 2.55. The van der Waals surface area contributed by atoms with Gasteiger partial charge in [-0.1, -0.05) is 36.4 Å². The summed E-state index contributed by atoms with van der Waals surface area (Å²) in [6, 6.07) is 16.3. The predicted molar refractivity (Wildman–Crippen MR) is 91.8 cm³/mol. The number of aliphatic carboxylic acids is 1. The first kappa shape index (κ1) is 16.7. The lowest BCUT2D eigenvalue weighted by Crippen LogP contribution is -2.21. The number of hydrogen-bond donors (Lipinski definition) is 4. The lowest BCUT2D eigenvalue weighted by molar-refractivity contribution is -0.136. The van der Waals surface area contributed by atoms with Crippen LogP contribution in [0.2, 0.25) is 0 Å². The van der Waals surface area contributed by atoms with Crippen LogP contribution in [0.15, 0.2) is 53.6 Å². The molecule has 7 nitrogen and oxygen atoms in total. The fraction of sp³-hybridized carbons (Fsp3) is 0.0588.